The van der Waals surface area contributed by atoms with Gasteiger partial charge in [-0.05, 0) is 18.2 Å². The SMILES string of the molecule is Cn1nc(CNc2cccnn2)c2ccccc21. The van der Waals surface area contributed by atoms with Crippen molar-refractivity contribution < 1.29 is 0 Å². The van der Waals surface area contributed by atoms with Crippen molar-refractivity contribution >= 4 is 16.7 Å². The number of hydrogen-bond donors (Lipinski definition) is 1. The van der Waals surface area contributed by atoms with Gasteiger partial charge in [-0.25, -0.2) is 0 Å². The van der Waals surface area contributed by atoms with E-state index in [1.54, 1.807) is 6.20 Å². The quantitative estimate of drug-likeness (QED) is 0.759. The Hall–Kier alpha value is -2.43. The Labute approximate surface area is 104 Å². The van der Waals surface area contributed by atoms with Gasteiger partial charge >= 0.3 is 0 Å². The van der Waals surface area contributed by atoms with Crippen LogP contribution in [0.25, 0.3) is 10.9 Å². The predicted molar refractivity (Wildman–Crippen MR) is 70.1 cm³/mol. The number of rotatable bonds is 3. The van der Waals surface area contributed by atoms with Gasteiger partial charge in [0.2, 0.25) is 0 Å². The van der Waals surface area contributed by atoms with Crippen molar-refractivity contribution in [2.24, 2.45) is 7.05 Å². The average Bonchev–Trinajstić information content (AvgIpc) is 2.75. The second-order valence-electron chi connectivity index (χ2n) is 4.05. The molecule has 90 valence electrons. The van der Waals surface area contributed by atoms with Crippen LogP contribution in [-0.2, 0) is 13.6 Å². The Kier molecular flexibility index (Phi) is 2.64. The Bertz CT molecular complexity index is 659. The van der Waals surface area contributed by atoms with E-state index in [9.17, 15) is 0 Å². The molecule has 0 atom stereocenters. The minimum atomic E-state index is 0.639. The predicted octanol–water partition coefficient (Wildman–Crippen LogP) is 1.98. The third kappa shape index (κ3) is 1.90. The molecule has 5 nitrogen and oxygen atoms in total. The fourth-order valence-corrected chi connectivity index (χ4v) is 1.99. The van der Waals surface area contributed by atoms with Crippen LogP contribution in [0.3, 0.4) is 0 Å². The van der Waals surface area contributed by atoms with Crippen molar-refractivity contribution in [3.05, 3.63) is 48.3 Å². The maximum Gasteiger partial charge on any atom is 0.148 e. The molecule has 0 unspecified atom stereocenters. The summed E-state index contributed by atoms with van der Waals surface area (Å²) < 4.78 is 1.89. The van der Waals surface area contributed by atoms with Crippen LogP contribution in [0.1, 0.15) is 5.69 Å². The van der Waals surface area contributed by atoms with Crippen LogP contribution in [-0.4, -0.2) is 20.0 Å². The van der Waals surface area contributed by atoms with Crippen molar-refractivity contribution in [2.45, 2.75) is 6.54 Å². The number of para-hydroxylation sites is 1. The normalized spacial score (nSPS) is 10.7. The molecule has 0 bridgehead atoms. The van der Waals surface area contributed by atoms with Crippen molar-refractivity contribution in [3.63, 3.8) is 0 Å². The summed E-state index contributed by atoms with van der Waals surface area (Å²) in [7, 11) is 1.95. The van der Waals surface area contributed by atoms with Crippen molar-refractivity contribution in [1.29, 1.82) is 0 Å². The van der Waals surface area contributed by atoms with Crippen molar-refractivity contribution in [2.75, 3.05) is 5.32 Å². The second-order valence-corrected chi connectivity index (χ2v) is 4.05. The van der Waals surface area contributed by atoms with Crippen LogP contribution < -0.4 is 5.32 Å². The van der Waals surface area contributed by atoms with E-state index in [1.165, 1.54) is 0 Å². The lowest BCUT2D eigenvalue weighted by molar-refractivity contribution is 0.770. The number of anilines is 1. The molecule has 3 aromatic rings. The highest BCUT2D eigenvalue weighted by atomic mass is 15.3. The van der Waals surface area contributed by atoms with Gasteiger partial charge in [-0.1, -0.05) is 18.2 Å². The zero-order chi connectivity index (χ0) is 12.4. The van der Waals surface area contributed by atoms with Gasteiger partial charge in [0.15, 0.2) is 0 Å². The van der Waals surface area contributed by atoms with Gasteiger partial charge in [-0.15, -0.1) is 5.10 Å². The number of benzene rings is 1. The molecule has 2 aromatic heterocycles. The van der Waals surface area contributed by atoms with Crippen LogP contribution >= 0.6 is 0 Å². The zero-order valence-corrected chi connectivity index (χ0v) is 10.0. The van der Waals surface area contributed by atoms with E-state index in [1.807, 2.05) is 36.0 Å². The van der Waals surface area contributed by atoms with Crippen LogP contribution in [0, 0.1) is 0 Å². The van der Waals surface area contributed by atoms with Gasteiger partial charge in [0.05, 0.1) is 17.8 Å². The molecule has 2 heterocycles. The topological polar surface area (TPSA) is 55.6 Å². The molecular formula is C13H13N5. The summed E-state index contributed by atoms with van der Waals surface area (Å²) in [6, 6.07) is 11.9. The first-order chi connectivity index (χ1) is 8.84. The number of nitrogens with one attached hydrogen (secondary N) is 1. The molecule has 0 aliphatic carbocycles. The fraction of sp³-hybridized carbons (Fsp3) is 0.154. The summed E-state index contributed by atoms with van der Waals surface area (Å²) in [5.74, 6) is 0.757. The largest absolute Gasteiger partial charge is 0.363 e. The Balaban J connectivity index is 1.87. The summed E-state index contributed by atoms with van der Waals surface area (Å²) in [6.07, 6.45) is 1.65. The summed E-state index contributed by atoms with van der Waals surface area (Å²) in [4.78, 5) is 0. The maximum absolute atomic E-state index is 4.51. The van der Waals surface area contributed by atoms with E-state index in [4.69, 9.17) is 0 Å². The molecule has 0 aliphatic heterocycles. The van der Waals surface area contributed by atoms with E-state index in [0.29, 0.717) is 6.54 Å². The lowest BCUT2D eigenvalue weighted by atomic mass is 10.2. The molecule has 0 aliphatic rings. The molecular weight excluding hydrogens is 226 g/mol. The average molecular weight is 239 g/mol. The van der Waals surface area contributed by atoms with Gasteiger partial charge in [0, 0.05) is 18.6 Å². The molecule has 0 radical (unpaired) electrons. The lowest BCUT2D eigenvalue weighted by Gasteiger charge is -2.01. The summed E-state index contributed by atoms with van der Waals surface area (Å²) in [5.41, 5.74) is 2.15. The molecule has 1 N–H and O–H groups in total. The van der Waals surface area contributed by atoms with Gasteiger partial charge in [-0.3, -0.25) is 4.68 Å². The Morgan fingerprint density at radius 1 is 1.17 bits per heavy atom. The molecule has 0 spiro atoms. The fourth-order valence-electron chi connectivity index (χ4n) is 1.99. The van der Waals surface area contributed by atoms with Crippen molar-refractivity contribution in [1.82, 2.24) is 20.0 Å². The zero-order valence-electron chi connectivity index (χ0n) is 10.0. The highest BCUT2D eigenvalue weighted by Crippen LogP contribution is 2.18. The number of aromatic nitrogens is 4. The molecule has 0 fully saturated rings. The van der Waals surface area contributed by atoms with Crippen LogP contribution in [0.15, 0.2) is 42.6 Å². The molecule has 0 saturated carbocycles. The van der Waals surface area contributed by atoms with Crippen LogP contribution in [0.4, 0.5) is 5.82 Å². The van der Waals surface area contributed by atoms with Crippen LogP contribution in [0.5, 0.6) is 0 Å². The highest BCUT2D eigenvalue weighted by Gasteiger charge is 2.07. The van der Waals surface area contributed by atoms with E-state index < -0.39 is 0 Å². The van der Waals surface area contributed by atoms with E-state index in [-0.39, 0.29) is 0 Å². The van der Waals surface area contributed by atoms with E-state index in [2.05, 4.69) is 32.7 Å². The molecule has 5 heteroatoms. The van der Waals surface area contributed by atoms with Gasteiger partial charge in [0.1, 0.15) is 5.82 Å². The minimum Gasteiger partial charge on any atom is -0.363 e. The van der Waals surface area contributed by atoms with E-state index >= 15 is 0 Å². The first-order valence-electron chi connectivity index (χ1n) is 5.77. The molecule has 1 aromatic carbocycles. The van der Waals surface area contributed by atoms with Crippen LogP contribution in [0.2, 0.25) is 0 Å². The summed E-state index contributed by atoms with van der Waals surface area (Å²) >= 11 is 0. The molecule has 3 rings (SSSR count). The Morgan fingerprint density at radius 3 is 2.89 bits per heavy atom. The molecule has 0 saturated heterocycles. The second kappa shape index (κ2) is 4.44. The highest BCUT2D eigenvalue weighted by molar-refractivity contribution is 5.82. The molecule has 18 heavy (non-hydrogen) atoms. The number of fused-ring (bicyclic) bond motifs is 1. The maximum atomic E-state index is 4.51. The van der Waals surface area contributed by atoms with Crippen molar-refractivity contribution in [3.8, 4) is 0 Å². The van der Waals surface area contributed by atoms with E-state index in [0.717, 1.165) is 22.4 Å². The third-order valence-corrected chi connectivity index (χ3v) is 2.84. The summed E-state index contributed by atoms with van der Waals surface area (Å²) in [6.45, 7) is 0.639. The minimum absolute atomic E-state index is 0.639. The van der Waals surface area contributed by atoms with Gasteiger partial charge in [0.25, 0.3) is 0 Å². The van der Waals surface area contributed by atoms with Gasteiger partial charge < -0.3 is 5.32 Å². The molecule has 0 amide bonds. The number of hydrogen-bond acceptors (Lipinski definition) is 4. The lowest BCUT2D eigenvalue weighted by Crippen LogP contribution is -2.03. The monoisotopic (exact) mass is 239 g/mol. The number of nitrogens with zero attached hydrogens (tertiary/aromatic N) is 4. The first-order valence-corrected chi connectivity index (χ1v) is 5.77. The third-order valence-electron chi connectivity index (χ3n) is 2.84. The van der Waals surface area contributed by atoms with Gasteiger partial charge in [-0.2, -0.15) is 10.2 Å². The standard InChI is InChI=1S/C13H13N5/c1-18-12-6-3-2-5-10(12)11(17-18)9-14-13-7-4-8-15-16-13/h2-8H,9H2,1H3,(H,14,16). The number of aryl methyl sites for hydroxylation is 1. The Morgan fingerprint density at radius 2 is 2.06 bits per heavy atom. The summed E-state index contributed by atoms with van der Waals surface area (Å²) in [5, 5.41) is 16.7. The smallest absolute Gasteiger partial charge is 0.148 e. The first kappa shape index (κ1) is 10.7.